The van der Waals surface area contributed by atoms with Crippen molar-refractivity contribution in [1.29, 1.82) is 0 Å². The van der Waals surface area contributed by atoms with Gasteiger partial charge >= 0.3 is 0 Å². The van der Waals surface area contributed by atoms with Gasteiger partial charge in [-0.3, -0.25) is 9.48 Å². The van der Waals surface area contributed by atoms with Crippen LogP contribution in [0, 0.1) is 0 Å². The topological polar surface area (TPSA) is 56.1 Å². The summed E-state index contributed by atoms with van der Waals surface area (Å²) in [5.74, 6) is 0.644. The zero-order valence-corrected chi connectivity index (χ0v) is 12.2. The lowest BCUT2D eigenvalue weighted by molar-refractivity contribution is -0.111. The van der Waals surface area contributed by atoms with Gasteiger partial charge in [-0.05, 0) is 37.6 Å². The molecule has 0 spiro atoms. The molecule has 0 saturated carbocycles. The Morgan fingerprint density at radius 1 is 1.33 bits per heavy atom. The van der Waals surface area contributed by atoms with Crippen LogP contribution in [0.4, 0.5) is 5.69 Å². The number of anilines is 1. The highest BCUT2D eigenvalue weighted by Crippen LogP contribution is 2.13. The number of nitrogens with one attached hydrogen (secondary N) is 1. The van der Waals surface area contributed by atoms with Crippen LogP contribution in [0.1, 0.15) is 19.4 Å². The average Bonchev–Trinajstić information content (AvgIpc) is 2.94. The van der Waals surface area contributed by atoms with Crippen molar-refractivity contribution in [3.05, 3.63) is 48.3 Å². The highest BCUT2D eigenvalue weighted by Gasteiger charge is 2.00. The van der Waals surface area contributed by atoms with Crippen LogP contribution in [0.3, 0.4) is 0 Å². The molecule has 0 unspecified atom stereocenters. The second-order valence-corrected chi connectivity index (χ2v) is 4.41. The van der Waals surface area contributed by atoms with E-state index in [9.17, 15) is 4.79 Å². The SMILES string of the molecule is CCOc1ccc(C=CC(=O)Nc2cnn(CC)c2)cc1. The number of benzene rings is 1. The van der Waals surface area contributed by atoms with Crippen molar-refractivity contribution >= 4 is 17.7 Å². The molecule has 110 valence electrons. The summed E-state index contributed by atoms with van der Waals surface area (Å²) in [5, 5.41) is 6.86. The molecule has 1 aromatic heterocycles. The molecule has 1 amide bonds. The van der Waals surface area contributed by atoms with Crippen molar-refractivity contribution in [2.24, 2.45) is 0 Å². The molecular formula is C16H19N3O2. The molecule has 0 aliphatic heterocycles. The summed E-state index contributed by atoms with van der Waals surface area (Å²) in [6, 6.07) is 7.58. The standard InChI is InChI=1S/C16H19N3O2/c1-3-19-12-14(11-17-19)18-16(20)10-7-13-5-8-15(9-6-13)21-4-2/h5-12H,3-4H2,1-2H3,(H,18,20). The number of hydrogen-bond acceptors (Lipinski definition) is 3. The Balaban J connectivity index is 1.91. The fourth-order valence-corrected chi connectivity index (χ4v) is 1.80. The van der Waals surface area contributed by atoms with Gasteiger partial charge in [0.1, 0.15) is 5.75 Å². The summed E-state index contributed by atoms with van der Waals surface area (Å²) >= 11 is 0. The number of aromatic nitrogens is 2. The smallest absolute Gasteiger partial charge is 0.248 e. The molecule has 0 bridgehead atoms. The maximum absolute atomic E-state index is 11.8. The summed E-state index contributed by atoms with van der Waals surface area (Å²) in [6.45, 7) is 5.35. The first-order chi connectivity index (χ1) is 10.2. The summed E-state index contributed by atoms with van der Waals surface area (Å²) in [6.07, 6.45) is 6.68. The molecule has 1 heterocycles. The van der Waals surface area contributed by atoms with E-state index in [-0.39, 0.29) is 5.91 Å². The van der Waals surface area contributed by atoms with E-state index in [1.54, 1.807) is 23.2 Å². The van der Waals surface area contributed by atoms with Gasteiger partial charge in [-0.1, -0.05) is 12.1 Å². The first-order valence-corrected chi connectivity index (χ1v) is 6.95. The molecule has 0 saturated heterocycles. The maximum atomic E-state index is 11.8. The molecule has 2 aromatic rings. The minimum Gasteiger partial charge on any atom is -0.494 e. The summed E-state index contributed by atoms with van der Waals surface area (Å²) in [7, 11) is 0. The van der Waals surface area contributed by atoms with Gasteiger partial charge in [0.05, 0.1) is 18.5 Å². The second kappa shape index (κ2) is 7.28. The van der Waals surface area contributed by atoms with Crippen molar-refractivity contribution in [3.63, 3.8) is 0 Å². The number of rotatable bonds is 6. The highest BCUT2D eigenvalue weighted by molar-refractivity contribution is 6.01. The summed E-state index contributed by atoms with van der Waals surface area (Å²) in [5.41, 5.74) is 1.64. The predicted octanol–water partition coefficient (Wildman–Crippen LogP) is 2.95. The Bertz CT molecular complexity index is 615. The number of carbonyl (C=O) groups excluding carboxylic acids is 1. The van der Waals surface area contributed by atoms with Gasteiger partial charge in [-0.2, -0.15) is 5.10 Å². The van der Waals surface area contributed by atoms with E-state index in [1.165, 1.54) is 6.08 Å². The van der Waals surface area contributed by atoms with E-state index >= 15 is 0 Å². The molecule has 0 atom stereocenters. The predicted molar refractivity (Wildman–Crippen MR) is 83.2 cm³/mol. The van der Waals surface area contributed by atoms with E-state index in [0.29, 0.717) is 12.3 Å². The first-order valence-electron chi connectivity index (χ1n) is 6.95. The third-order valence-corrected chi connectivity index (χ3v) is 2.84. The van der Waals surface area contributed by atoms with E-state index in [1.807, 2.05) is 38.1 Å². The third kappa shape index (κ3) is 4.49. The van der Waals surface area contributed by atoms with Crippen LogP contribution in [0.15, 0.2) is 42.7 Å². The summed E-state index contributed by atoms with van der Waals surface area (Å²) in [4.78, 5) is 11.8. The Morgan fingerprint density at radius 2 is 2.10 bits per heavy atom. The normalized spacial score (nSPS) is 10.8. The van der Waals surface area contributed by atoms with Gasteiger partial charge in [0.15, 0.2) is 0 Å². The monoisotopic (exact) mass is 285 g/mol. The Morgan fingerprint density at radius 3 is 2.71 bits per heavy atom. The number of ether oxygens (including phenoxy) is 1. The average molecular weight is 285 g/mol. The largest absolute Gasteiger partial charge is 0.494 e. The number of amides is 1. The van der Waals surface area contributed by atoms with Gasteiger partial charge in [0, 0.05) is 18.8 Å². The minimum atomic E-state index is -0.181. The van der Waals surface area contributed by atoms with Gasteiger partial charge in [0.2, 0.25) is 5.91 Å². The molecule has 0 aliphatic carbocycles. The zero-order valence-electron chi connectivity index (χ0n) is 12.2. The molecule has 0 radical (unpaired) electrons. The van der Waals surface area contributed by atoms with Crippen molar-refractivity contribution in [1.82, 2.24) is 9.78 Å². The molecule has 21 heavy (non-hydrogen) atoms. The van der Waals surface area contributed by atoms with Gasteiger partial charge < -0.3 is 10.1 Å². The van der Waals surface area contributed by atoms with Crippen molar-refractivity contribution in [2.75, 3.05) is 11.9 Å². The minimum absolute atomic E-state index is 0.181. The van der Waals surface area contributed by atoms with Crippen LogP contribution in [-0.4, -0.2) is 22.3 Å². The molecule has 1 N–H and O–H groups in total. The van der Waals surface area contributed by atoms with Gasteiger partial charge in [0.25, 0.3) is 0 Å². The fraction of sp³-hybridized carbons (Fsp3) is 0.250. The second-order valence-electron chi connectivity index (χ2n) is 4.41. The van der Waals surface area contributed by atoms with Crippen LogP contribution in [0.5, 0.6) is 5.75 Å². The molecule has 5 nitrogen and oxygen atoms in total. The van der Waals surface area contributed by atoms with Crippen LogP contribution < -0.4 is 10.1 Å². The summed E-state index contributed by atoms with van der Waals surface area (Å²) < 4.78 is 7.12. The molecule has 5 heteroatoms. The Labute approximate surface area is 124 Å². The van der Waals surface area contributed by atoms with Gasteiger partial charge in [-0.15, -0.1) is 0 Å². The lowest BCUT2D eigenvalue weighted by Crippen LogP contribution is -2.06. The number of carbonyl (C=O) groups is 1. The Kier molecular flexibility index (Phi) is 5.15. The lowest BCUT2D eigenvalue weighted by Gasteiger charge is -2.02. The third-order valence-electron chi connectivity index (χ3n) is 2.84. The van der Waals surface area contributed by atoms with E-state index < -0.39 is 0 Å². The molecule has 0 aliphatic rings. The highest BCUT2D eigenvalue weighted by atomic mass is 16.5. The molecule has 1 aromatic carbocycles. The number of aryl methyl sites for hydroxylation is 1. The lowest BCUT2D eigenvalue weighted by atomic mass is 10.2. The maximum Gasteiger partial charge on any atom is 0.248 e. The molecular weight excluding hydrogens is 266 g/mol. The van der Waals surface area contributed by atoms with Crippen molar-refractivity contribution in [2.45, 2.75) is 20.4 Å². The van der Waals surface area contributed by atoms with Crippen molar-refractivity contribution in [3.8, 4) is 5.75 Å². The number of hydrogen-bond donors (Lipinski definition) is 1. The first kappa shape index (κ1) is 14.8. The van der Waals surface area contributed by atoms with E-state index in [4.69, 9.17) is 4.74 Å². The van der Waals surface area contributed by atoms with Gasteiger partial charge in [-0.25, -0.2) is 0 Å². The quantitative estimate of drug-likeness (QED) is 0.830. The molecule has 0 fully saturated rings. The number of nitrogens with zero attached hydrogens (tertiary/aromatic N) is 2. The van der Waals surface area contributed by atoms with E-state index in [0.717, 1.165) is 17.9 Å². The van der Waals surface area contributed by atoms with Crippen LogP contribution in [0.25, 0.3) is 6.08 Å². The van der Waals surface area contributed by atoms with E-state index in [2.05, 4.69) is 10.4 Å². The van der Waals surface area contributed by atoms with Crippen LogP contribution in [-0.2, 0) is 11.3 Å². The van der Waals surface area contributed by atoms with Crippen molar-refractivity contribution < 1.29 is 9.53 Å². The Hall–Kier alpha value is -2.56. The molecule has 2 rings (SSSR count). The van der Waals surface area contributed by atoms with Crippen LogP contribution in [0.2, 0.25) is 0 Å². The fourth-order valence-electron chi connectivity index (χ4n) is 1.80. The van der Waals surface area contributed by atoms with Crippen LogP contribution >= 0.6 is 0 Å². The zero-order chi connectivity index (χ0) is 15.1.